The lowest BCUT2D eigenvalue weighted by Crippen LogP contribution is -2.41. The van der Waals surface area contributed by atoms with Crippen LogP contribution in [0.15, 0.2) is 30.3 Å². The van der Waals surface area contributed by atoms with Crippen LogP contribution in [0.25, 0.3) is 0 Å². The Hall–Kier alpha value is -2.70. The van der Waals surface area contributed by atoms with E-state index < -0.39 is 39.2 Å². The number of hydroxylamine groups is 1. The van der Waals surface area contributed by atoms with Gasteiger partial charge in [-0.05, 0) is 38.8 Å². The summed E-state index contributed by atoms with van der Waals surface area (Å²) in [6.07, 6.45) is 0.251. The molecule has 0 saturated carbocycles. The number of rotatable bonds is 12. The van der Waals surface area contributed by atoms with Crippen molar-refractivity contribution < 1.29 is 32.7 Å². The van der Waals surface area contributed by atoms with Crippen molar-refractivity contribution in [1.82, 2.24) is 20.0 Å². The molecular weight excluding hydrogens is 440 g/mol. The Bertz CT molecular complexity index is 921. The molecule has 1 unspecified atom stereocenters. The quantitative estimate of drug-likeness (QED) is 0.175. The SMILES string of the molecule is CN1C(=O)N(CCCC(CS(=O)(=O)NCCOc2ccccc2)C(=O)NO)C(=O)C1(C)C. The summed E-state index contributed by atoms with van der Waals surface area (Å²) in [6.45, 7) is 3.41. The molecule has 0 spiro atoms. The van der Waals surface area contributed by atoms with Crippen LogP contribution in [0.2, 0.25) is 0 Å². The lowest BCUT2D eigenvalue weighted by molar-refractivity contribution is -0.133. The normalized spacial score (nSPS) is 16.9. The lowest BCUT2D eigenvalue weighted by Gasteiger charge is -2.22. The van der Waals surface area contributed by atoms with Crippen molar-refractivity contribution in [3.63, 3.8) is 0 Å². The number of urea groups is 1. The van der Waals surface area contributed by atoms with Crippen LogP contribution in [0.5, 0.6) is 5.75 Å². The summed E-state index contributed by atoms with van der Waals surface area (Å²) < 4.78 is 32.5. The second kappa shape index (κ2) is 10.7. The van der Waals surface area contributed by atoms with E-state index in [1.807, 2.05) is 6.07 Å². The Kier molecular flexibility index (Phi) is 8.58. The average Bonchev–Trinajstić information content (AvgIpc) is 2.90. The summed E-state index contributed by atoms with van der Waals surface area (Å²) in [6, 6.07) is 8.45. The topological polar surface area (TPSA) is 145 Å². The van der Waals surface area contributed by atoms with E-state index in [-0.39, 0.29) is 38.4 Å². The van der Waals surface area contributed by atoms with Crippen molar-refractivity contribution >= 4 is 27.9 Å². The first-order valence-electron chi connectivity index (χ1n) is 10.2. The number of carbonyl (C=O) groups excluding carboxylic acids is 3. The highest BCUT2D eigenvalue weighted by Gasteiger charge is 2.48. The zero-order chi connectivity index (χ0) is 23.9. The molecule has 0 aliphatic carbocycles. The summed E-state index contributed by atoms with van der Waals surface area (Å²) in [5.41, 5.74) is 0.517. The number of hydrogen-bond acceptors (Lipinski definition) is 7. The summed E-state index contributed by atoms with van der Waals surface area (Å²) in [5.74, 6) is -2.23. The number of carbonyl (C=O) groups is 3. The van der Waals surface area contributed by atoms with Crippen LogP contribution in [0, 0.1) is 5.92 Å². The smallest absolute Gasteiger partial charge is 0.327 e. The Morgan fingerprint density at radius 2 is 1.88 bits per heavy atom. The zero-order valence-electron chi connectivity index (χ0n) is 18.4. The molecule has 2 rings (SSSR count). The summed E-state index contributed by atoms with van der Waals surface area (Å²) >= 11 is 0. The van der Waals surface area contributed by atoms with Crippen LogP contribution in [-0.4, -0.2) is 79.3 Å². The van der Waals surface area contributed by atoms with Gasteiger partial charge in [-0.1, -0.05) is 18.2 Å². The maximum atomic E-state index is 12.4. The second-order valence-corrected chi connectivity index (χ2v) is 9.86. The third kappa shape index (κ3) is 6.40. The molecule has 11 nitrogen and oxygen atoms in total. The molecule has 4 amide bonds. The van der Waals surface area contributed by atoms with Gasteiger partial charge < -0.3 is 9.64 Å². The predicted molar refractivity (Wildman–Crippen MR) is 115 cm³/mol. The van der Waals surface area contributed by atoms with Gasteiger partial charge in [-0.3, -0.25) is 19.7 Å². The second-order valence-electron chi connectivity index (χ2n) is 8.01. The fourth-order valence-corrected chi connectivity index (χ4v) is 4.62. The molecule has 1 heterocycles. The fourth-order valence-electron chi connectivity index (χ4n) is 3.26. The zero-order valence-corrected chi connectivity index (χ0v) is 19.2. The van der Waals surface area contributed by atoms with E-state index in [2.05, 4.69) is 4.72 Å². The van der Waals surface area contributed by atoms with E-state index in [0.717, 1.165) is 4.90 Å². The van der Waals surface area contributed by atoms with Gasteiger partial charge in [0.2, 0.25) is 15.9 Å². The number of imide groups is 1. The minimum absolute atomic E-state index is 0.00287. The van der Waals surface area contributed by atoms with Gasteiger partial charge in [0.25, 0.3) is 5.91 Å². The maximum absolute atomic E-state index is 12.4. The number of hydrogen-bond donors (Lipinski definition) is 3. The molecule has 178 valence electrons. The molecule has 1 aromatic rings. The standard InChI is InChI=1S/C20H30N4O7S/c1-20(2)18(26)24(19(27)23(20)3)12-7-8-15(17(25)22-28)14-32(29,30)21-11-13-31-16-9-5-4-6-10-16/h4-6,9-10,15,21,28H,7-8,11-14H2,1-3H3,(H,22,25). The Morgan fingerprint density at radius 3 is 2.44 bits per heavy atom. The molecule has 32 heavy (non-hydrogen) atoms. The summed E-state index contributed by atoms with van der Waals surface area (Å²) in [4.78, 5) is 39.1. The summed E-state index contributed by atoms with van der Waals surface area (Å²) in [5, 5.41) is 8.98. The molecule has 1 fully saturated rings. The highest BCUT2D eigenvalue weighted by atomic mass is 32.2. The van der Waals surface area contributed by atoms with Crippen LogP contribution < -0.4 is 14.9 Å². The maximum Gasteiger partial charge on any atom is 0.327 e. The lowest BCUT2D eigenvalue weighted by atomic mass is 10.0. The number of nitrogens with one attached hydrogen (secondary N) is 2. The van der Waals surface area contributed by atoms with Crippen LogP contribution in [-0.2, 0) is 19.6 Å². The average molecular weight is 471 g/mol. The first kappa shape index (κ1) is 25.6. The third-order valence-corrected chi connectivity index (χ3v) is 6.88. The largest absolute Gasteiger partial charge is 0.492 e. The van der Waals surface area contributed by atoms with E-state index in [9.17, 15) is 22.8 Å². The van der Waals surface area contributed by atoms with E-state index in [4.69, 9.17) is 9.94 Å². The summed E-state index contributed by atoms with van der Waals surface area (Å²) in [7, 11) is -2.32. The Labute approximate surface area is 187 Å². The first-order valence-corrected chi connectivity index (χ1v) is 11.8. The molecule has 1 aromatic carbocycles. The molecule has 1 aliphatic rings. The molecule has 12 heteroatoms. The van der Waals surface area contributed by atoms with Gasteiger partial charge in [0, 0.05) is 20.1 Å². The number of benzene rings is 1. The minimum Gasteiger partial charge on any atom is -0.492 e. The van der Waals surface area contributed by atoms with Gasteiger partial charge in [0.1, 0.15) is 17.9 Å². The van der Waals surface area contributed by atoms with E-state index in [1.54, 1.807) is 38.1 Å². The van der Waals surface area contributed by atoms with Gasteiger partial charge in [-0.25, -0.2) is 23.4 Å². The molecule has 1 aliphatic heterocycles. The number of para-hydroxylation sites is 1. The van der Waals surface area contributed by atoms with Crippen molar-refractivity contribution in [3.8, 4) is 5.75 Å². The molecule has 0 aromatic heterocycles. The Balaban J connectivity index is 1.86. The van der Waals surface area contributed by atoms with E-state index in [1.165, 1.54) is 17.4 Å². The van der Waals surface area contributed by atoms with Crippen LogP contribution in [0.3, 0.4) is 0 Å². The highest BCUT2D eigenvalue weighted by Crippen LogP contribution is 2.26. The van der Waals surface area contributed by atoms with Crippen LogP contribution in [0.4, 0.5) is 4.79 Å². The molecule has 1 atom stereocenters. The minimum atomic E-state index is -3.85. The van der Waals surface area contributed by atoms with Gasteiger partial charge in [-0.15, -0.1) is 0 Å². The number of nitrogens with zero attached hydrogens (tertiary/aromatic N) is 2. The number of amides is 4. The van der Waals surface area contributed by atoms with Crippen molar-refractivity contribution in [3.05, 3.63) is 30.3 Å². The monoisotopic (exact) mass is 470 g/mol. The molecule has 0 bridgehead atoms. The number of likely N-dealkylation sites (N-methyl/N-ethyl adjacent to an activating group) is 1. The van der Waals surface area contributed by atoms with Gasteiger partial charge in [0.05, 0.1) is 11.7 Å². The number of ether oxygens (including phenoxy) is 1. The van der Waals surface area contributed by atoms with E-state index >= 15 is 0 Å². The third-order valence-electron chi connectivity index (χ3n) is 5.40. The number of sulfonamides is 1. The molecule has 3 N–H and O–H groups in total. The Morgan fingerprint density at radius 1 is 1.22 bits per heavy atom. The molecule has 0 radical (unpaired) electrons. The first-order chi connectivity index (χ1) is 15.0. The predicted octanol–water partition coefficient (Wildman–Crippen LogP) is 0.559. The van der Waals surface area contributed by atoms with E-state index in [0.29, 0.717) is 5.75 Å². The molecule has 1 saturated heterocycles. The van der Waals surface area contributed by atoms with Gasteiger partial charge in [0.15, 0.2) is 0 Å². The van der Waals surface area contributed by atoms with Crippen molar-refractivity contribution in [2.24, 2.45) is 5.92 Å². The fraction of sp³-hybridized carbons (Fsp3) is 0.550. The highest BCUT2D eigenvalue weighted by molar-refractivity contribution is 7.89. The van der Waals surface area contributed by atoms with Crippen molar-refractivity contribution in [1.29, 1.82) is 0 Å². The van der Waals surface area contributed by atoms with Gasteiger partial charge >= 0.3 is 6.03 Å². The molecular formula is C20H30N4O7S. The van der Waals surface area contributed by atoms with Crippen molar-refractivity contribution in [2.75, 3.05) is 32.5 Å². The van der Waals surface area contributed by atoms with Crippen LogP contribution >= 0.6 is 0 Å². The van der Waals surface area contributed by atoms with Crippen molar-refractivity contribution in [2.45, 2.75) is 32.2 Å². The van der Waals surface area contributed by atoms with Crippen LogP contribution in [0.1, 0.15) is 26.7 Å². The van der Waals surface area contributed by atoms with Gasteiger partial charge in [-0.2, -0.15) is 0 Å².